The molecular weight excluding hydrogens is 540 g/mol. The van der Waals surface area contributed by atoms with E-state index < -0.39 is 0 Å². The van der Waals surface area contributed by atoms with Crippen molar-refractivity contribution in [3.8, 4) is 11.5 Å². The molecule has 216 valence electrons. The number of fused-ring (bicyclic) bond motifs is 1. The van der Waals surface area contributed by atoms with Gasteiger partial charge in [0.1, 0.15) is 24.2 Å². The molecule has 0 atom stereocenters. The lowest BCUT2D eigenvalue weighted by molar-refractivity contribution is 0.0704. The van der Waals surface area contributed by atoms with Gasteiger partial charge in [0.2, 0.25) is 0 Å². The van der Waals surface area contributed by atoms with Crippen LogP contribution < -0.4 is 14.4 Å². The number of ether oxygens (including phenoxy) is 3. The molecule has 0 radical (unpaired) electrons. The fourth-order valence-corrected chi connectivity index (χ4v) is 6.63. The normalized spacial score (nSPS) is 18.6. The number of aromatic nitrogens is 1. The van der Waals surface area contributed by atoms with Gasteiger partial charge in [0.15, 0.2) is 0 Å². The first-order chi connectivity index (χ1) is 20.0. The van der Waals surface area contributed by atoms with Crippen LogP contribution in [0.1, 0.15) is 52.3 Å². The molecule has 1 aromatic heterocycles. The van der Waals surface area contributed by atoms with Crippen molar-refractivity contribution in [1.29, 1.82) is 0 Å². The standard InChI is InChI=1S/C31H36N4O5S/c1-21-32-23(20-41-21)18-33-13-11-25(12-14-33)40-26-7-8-27(29(17-26)38-2)30(36)34-15-9-24(10-16-34)35-28-6-4-3-5-22(28)19-39-31(35)37/h3-8,17,20,24-25H,9-16,18-19H2,1-2H3. The Morgan fingerprint density at radius 3 is 2.59 bits per heavy atom. The van der Waals surface area contributed by atoms with E-state index in [0.717, 1.165) is 54.4 Å². The number of amides is 2. The minimum Gasteiger partial charge on any atom is -0.496 e. The summed E-state index contributed by atoms with van der Waals surface area (Å²) in [6.45, 7) is 6.25. The Bertz CT molecular complexity index is 1390. The molecule has 0 unspecified atom stereocenters. The number of benzene rings is 2. The van der Waals surface area contributed by atoms with Crippen molar-refractivity contribution in [3.63, 3.8) is 0 Å². The molecule has 0 N–H and O–H groups in total. The lowest BCUT2D eigenvalue weighted by Gasteiger charge is -2.40. The van der Waals surface area contributed by atoms with Crippen molar-refractivity contribution < 1.29 is 23.8 Å². The highest BCUT2D eigenvalue weighted by Crippen LogP contribution is 2.33. The molecule has 9 nitrogen and oxygen atoms in total. The van der Waals surface area contributed by atoms with E-state index in [1.165, 1.54) is 0 Å². The molecule has 2 saturated heterocycles. The number of thiazole rings is 1. The van der Waals surface area contributed by atoms with Crippen LogP contribution in [0.4, 0.5) is 10.5 Å². The van der Waals surface area contributed by atoms with Gasteiger partial charge in [0.05, 0.1) is 29.1 Å². The molecule has 2 fully saturated rings. The summed E-state index contributed by atoms with van der Waals surface area (Å²) in [6, 6.07) is 13.3. The van der Waals surface area contributed by atoms with Gasteiger partial charge in [-0.3, -0.25) is 14.6 Å². The Balaban J connectivity index is 1.04. The number of hydrogen-bond acceptors (Lipinski definition) is 8. The summed E-state index contributed by atoms with van der Waals surface area (Å²) in [5, 5.41) is 3.24. The summed E-state index contributed by atoms with van der Waals surface area (Å²) in [5.74, 6) is 1.16. The maximum Gasteiger partial charge on any atom is 0.414 e. The highest BCUT2D eigenvalue weighted by molar-refractivity contribution is 7.09. The number of carbonyl (C=O) groups is 2. The van der Waals surface area contributed by atoms with Crippen molar-refractivity contribution in [3.05, 3.63) is 69.7 Å². The Hall–Kier alpha value is -3.63. The molecule has 3 aliphatic heterocycles. The summed E-state index contributed by atoms with van der Waals surface area (Å²) < 4.78 is 17.4. The number of likely N-dealkylation sites (tertiary alicyclic amines) is 2. The molecule has 6 rings (SSSR count). The minimum absolute atomic E-state index is 0.0114. The summed E-state index contributed by atoms with van der Waals surface area (Å²) in [4.78, 5) is 36.7. The van der Waals surface area contributed by atoms with Crippen LogP contribution in [0.3, 0.4) is 0 Å². The summed E-state index contributed by atoms with van der Waals surface area (Å²) in [6.07, 6.45) is 3.05. The summed E-state index contributed by atoms with van der Waals surface area (Å²) in [5.41, 5.74) is 3.58. The molecule has 2 amide bonds. The molecule has 0 bridgehead atoms. The van der Waals surface area contributed by atoms with Gasteiger partial charge in [0.25, 0.3) is 5.91 Å². The SMILES string of the molecule is COc1cc(OC2CCN(Cc3csc(C)n3)CC2)ccc1C(=O)N1CCC(N2C(=O)OCc3ccccc32)CC1. The Kier molecular flexibility index (Phi) is 8.11. The Morgan fingerprint density at radius 1 is 1.07 bits per heavy atom. The molecular formula is C31H36N4O5S. The molecule has 0 aliphatic carbocycles. The van der Waals surface area contributed by atoms with Crippen LogP contribution in [0.2, 0.25) is 0 Å². The van der Waals surface area contributed by atoms with E-state index in [0.29, 0.717) is 49.6 Å². The second kappa shape index (κ2) is 12.1. The molecule has 10 heteroatoms. The third-order valence-electron chi connectivity index (χ3n) is 8.21. The highest BCUT2D eigenvalue weighted by Gasteiger charge is 2.35. The number of hydrogen-bond donors (Lipinski definition) is 0. The third kappa shape index (κ3) is 6.04. The smallest absolute Gasteiger partial charge is 0.414 e. The van der Waals surface area contributed by atoms with Gasteiger partial charge in [-0.25, -0.2) is 9.78 Å². The van der Waals surface area contributed by atoms with Crippen molar-refractivity contribution in [1.82, 2.24) is 14.8 Å². The first kappa shape index (κ1) is 27.5. The van der Waals surface area contributed by atoms with Gasteiger partial charge in [-0.1, -0.05) is 18.2 Å². The molecule has 3 aliphatic rings. The van der Waals surface area contributed by atoms with Crippen LogP contribution in [0.5, 0.6) is 11.5 Å². The van der Waals surface area contributed by atoms with Crippen LogP contribution in [-0.4, -0.2) is 72.2 Å². The zero-order valence-electron chi connectivity index (χ0n) is 23.6. The van der Waals surface area contributed by atoms with Crippen LogP contribution >= 0.6 is 11.3 Å². The first-order valence-electron chi connectivity index (χ1n) is 14.3. The largest absolute Gasteiger partial charge is 0.496 e. The van der Waals surface area contributed by atoms with Crippen LogP contribution in [0, 0.1) is 6.92 Å². The van der Waals surface area contributed by atoms with Gasteiger partial charge >= 0.3 is 6.09 Å². The minimum atomic E-state index is -0.314. The topological polar surface area (TPSA) is 84.4 Å². The third-order valence-corrected chi connectivity index (χ3v) is 9.03. The van der Waals surface area contributed by atoms with Crippen LogP contribution in [0.15, 0.2) is 47.8 Å². The number of nitrogens with zero attached hydrogens (tertiary/aromatic N) is 4. The number of aryl methyl sites for hydroxylation is 1. The van der Waals surface area contributed by atoms with Crippen molar-refractivity contribution in [2.24, 2.45) is 0 Å². The first-order valence-corrected chi connectivity index (χ1v) is 15.2. The molecule has 41 heavy (non-hydrogen) atoms. The van der Waals surface area contributed by atoms with E-state index in [-0.39, 0.29) is 24.1 Å². The number of methoxy groups -OCH3 is 1. The number of anilines is 1. The van der Waals surface area contributed by atoms with E-state index in [9.17, 15) is 9.59 Å². The molecule has 0 spiro atoms. The van der Waals surface area contributed by atoms with Gasteiger partial charge in [-0.2, -0.15) is 0 Å². The monoisotopic (exact) mass is 576 g/mol. The van der Waals surface area contributed by atoms with Crippen molar-refractivity contribution in [2.75, 3.05) is 38.2 Å². The fourth-order valence-electron chi connectivity index (χ4n) is 6.03. The van der Waals surface area contributed by atoms with Crippen LogP contribution in [0.25, 0.3) is 0 Å². The van der Waals surface area contributed by atoms with E-state index >= 15 is 0 Å². The van der Waals surface area contributed by atoms with E-state index in [4.69, 9.17) is 14.2 Å². The highest BCUT2D eigenvalue weighted by atomic mass is 32.1. The van der Waals surface area contributed by atoms with E-state index in [1.807, 2.05) is 48.2 Å². The van der Waals surface area contributed by atoms with Crippen molar-refractivity contribution >= 4 is 29.0 Å². The van der Waals surface area contributed by atoms with Gasteiger partial charge in [-0.05, 0) is 50.8 Å². The lowest BCUT2D eigenvalue weighted by Crippen LogP contribution is -2.50. The zero-order chi connectivity index (χ0) is 28.3. The molecule has 2 aromatic carbocycles. The number of para-hydroxylation sites is 1. The maximum absolute atomic E-state index is 13.5. The number of piperidine rings is 2. The van der Waals surface area contributed by atoms with Gasteiger partial charge in [-0.15, -0.1) is 11.3 Å². The quantitative estimate of drug-likeness (QED) is 0.379. The van der Waals surface area contributed by atoms with E-state index in [1.54, 1.807) is 29.4 Å². The van der Waals surface area contributed by atoms with E-state index in [2.05, 4.69) is 15.3 Å². The average Bonchev–Trinajstić information content (AvgIpc) is 3.42. The fraction of sp³-hybridized carbons (Fsp3) is 0.452. The molecule has 3 aromatic rings. The van der Waals surface area contributed by atoms with Gasteiger partial charge < -0.3 is 19.1 Å². The predicted molar refractivity (Wildman–Crippen MR) is 157 cm³/mol. The van der Waals surface area contributed by atoms with Crippen LogP contribution in [-0.2, 0) is 17.9 Å². The Morgan fingerprint density at radius 2 is 1.85 bits per heavy atom. The second-order valence-corrected chi connectivity index (χ2v) is 12.0. The lowest BCUT2D eigenvalue weighted by atomic mass is 10.00. The van der Waals surface area contributed by atoms with Gasteiger partial charge in [0, 0.05) is 55.8 Å². The van der Waals surface area contributed by atoms with Crippen molar-refractivity contribution in [2.45, 2.75) is 57.9 Å². The predicted octanol–water partition coefficient (Wildman–Crippen LogP) is 5.26. The number of rotatable bonds is 7. The summed E-state index contributed by atoms with van der Waals surface area (Å²) >= 11 is 1.69. The average molecular weight is 577 g/mol. The summed E-state index contributed by atoms with van der Waals surface area (Å²) in [7, 11) is 1.58. The number of cyclic esters (lactones) is 1. The maximum atomic E-state index is 13.5. The second-order valence-electron chi connectivity index (χ2n) is 10.9. The molecule has 4 heterocycles. The Labute approximate surface area is 244 Å². The number of carbonyl (C=O) groups excluding carboxylic acids is 2. The molecule has 0 saturated carbocycles. The zero-order valence-corrected chi connectivity index (χ0v) is 24.4.